The average molecular weight is 352 g/mol. The maximum absolute atomic E-state index is 12.8. The molecule has 0 bridgehead atoms. The number of carbonyl (C=O) groups excluding carboxylic acids is 1. The Morgan fingerprint density at radius 1 is 1.43 bits per heavy atom. The maximum Gasteiger partial charge on any atom is 0.159 e. The molecule has 0 radical (unpaired) electrons. The summed E-state index contributed by atoms with van der Waals surface area (Å²) >= 11 is 3.59. The second-order valence-corrected chi connectivity index (χ2v) is 7.41. The van der Waals surface area contributed by atoms with Crippen LogP contribution in [0.3, 0.4) is 0 Å². The lowest BCUT2D eigenvalue weighted by Gasteiger charge is -2.39. The van der Waals surface area contributed by atoms with Gasteiger partial charge in [0.1, 0.15) is 5.41 Å². The lowest BCUT2D eigenvalue weighted by molar-refractivity contribution is -0.138. The van der Waals surface area contributed by atoms with E-state index < -0.39 is 10.8 Å². The summed E-state index contributed by atoms with van der Waals surface area (Å²) in [4.78, 5) is 12.8. The van der Waals surface area contributed by atoms with E-state index in [4.69, 9.17) is 0 Å². The van der Waals surface area contributed by atoms with Gasteiger partial charge in [-0.2, -0.15) is 10.4 Å². The minimum atomic E-state index is -0.914. The van der Waals surface area contributed by atoms with Gasteiger partial charge in [-0.1, -0.05) is 27.2 Å². The van der Waals surface area contributed by atoms with Gasteiger partial charge in [0.2, 0.25) is 0 Å². The molecular weight excluding hydrogens is 330 g/mol. The first-order valence-electron chi connectivity index (χ1n) is 7.44. The molecule has 0 N–H and O–H groups in total. The van der Waals surface area contributed by atoms with Crippen LogP contribution in [-0.2, 0) is 24.7 Å². The highest BCUT2D eigenvalue weighted by Gasteiger charge is 2.49. The summed E-state index contributed by atoms with van der Waals surface area (Å²) in [5.74, 6) is 0.0786. The molecule has 1 aromatic heterocycles. The lowest BCUT2D eigenvalue weighted by Crippen LogP contribution is -2.45. The second-order valence-electron chi connectivity index (χ2n) is 6.62. The van der Waals surface area contributed by atoms with Crippen molar-refractivity contribution in [2.45, 2.75) is 52.9 Å². The molecule has 1 aliphatic carbocycles. The number of Topliss-reactive ketones (excluding diaryl/α,β-unsaturated/α-hetero) is 1. The van der Waals surface area contributed by atoms with Gasteiger partial charge in [-0.3, -0.25) is 9.48 Å². The van der Waals surface area contributed by atoms with Crippen LogP contribution in [0.25, 0.3) is 0 Å². The third-order valence-electron chi connectivity index (χ3n) is 4.64. The molecule has 114 valence electrons. The van der Waals surface area contributed by atoms with Crippen LogP contribution in [0.2, 0.25) is 0 Å². The number of carbonyl (C=O) groups is 1. The van der Waals surface area contributed by atoms with Gasteiger partial charge < -0.3 is 0 Å². The number of halogens is 1. The first kappa shape index (κ1) is 16.2. The fraction of sp³-hybridized carbons (Fsp3) is 0.688. The van der Waals surface area contributed by atoms with Gasteiger partial charge in [-0.15, -0.1) is 0 Å². The Hall–Kier alpha value is -1.15. The molecule has 2 rings (SSSR count). The number of aryl methyl sites for hydroxylation is 2. The molecule has 1 aromatic rings. The first-order chi connectivity index (χ1) is 9.77. The van der Waals surface area contributed by atoms with Crippen molar-refractivity contribution >= 4 is 21.7 Å². The summed E-state index contributed by atoms with van der Waals surface area (Å²) in [6.07, 6.45) is 3.69. The number of aromatic nitrogens is 2. The lowest BCUT2D eigenvalue weighted by atomic mass is 9.61. The molecule has 1 aliphatic rings. The molecule has 5 heteroatoms. The number of ketones is 1. The highest BCUT2D eigenvalue weighted by molar-refractivity contribution is 9.10. The molecule has 1 unspecified atom stereocenters. The molecule has 0 aliphatic heterocycles. The Labute approximate surface area is 134 Å². The van der Waals surface area contributed by atoms with Gasteiger partial charge in [0, 0.05) is 18.9 Å². The van der Waals surface area contributed by atoms with E-state index in [0.717, 1.165) is 35.1 Å². The van der Waals surface area contributed by atoms with Gasteiger partial charge in [-0.25, -0.2) is 0 Å². The number of hydrogen-bond donors (Lipinski definition) is 0. The molecule has 4 nitrogen and oxygen atoms in total. The molecule has 0 aromatic carbocycles. The van der Waals surface area contributed by atoms with Gasteiger partial charge in [-0.05, 0) is 35.2 Å². The van der Waals surface area contributed by atoms with Gasteiger partial charge >= 0.3 is 0 Å². The topological polar surface area (TPSA) is 58.7 Å². The molecular formula is C16H22BrN3O. The average Bonchev–Trinajstić information content (AvgIpc) is 2.71. The smallest absolute Gasteiger partial charge is 0.159 e. The minimum Gasteiger partial charge on any atom is -0.297 e. The van der Waals surface area contributed by atoms with Crippen LogP contribution in [-0.4, -0.2) is 15.6 Å². The number of hydrogen-bond acceptors (Lipinski definition) is 3. The van der Waals surface area contributed by atoms with E-state index in [1.54, 1.807) is 4.68 Å². The van der Waals surface area contributed by atoms with Crippen LogP contribution in [0.5, 0.6) is 0 Å². The predicted molar refractivity (Wildman–Crippen MR) is 84.7 cm³/mol. The van der Waals surface area contributed by atoms with Crippen molar-refractivity contribution < 1.29 is 4.79 Å². The summed E-state index contributed by atoms with van der Waals surface area (Å²) in [5, 5.41) is 14.2. The van der Waals surface area contributed by atoms with E-state index in [1.807, 2.05) is 27.8 Å². The zero-order valence-corrected chi connectivity index (χ0v) is 14.7. The predicted octanol–water partition coefficient (Wildman–Crippen LogP) is 3.58. The number of nitriles is 1. The SMILES string of the molecule is CCc1nn(C)c(CC2(C#N)CCCC(C)(C)C2=O)c1Br. The standard InChI is InChI=1S/C16H22BrN3O/c1-5-11-13(17)12(20(4)19-11)9-16(10-18)8-6-7-15(2,3)14(16)21/h5-9H2,1-4H3. The van der Waals surface area contributed by atoms with Crippen molar-refractivity contribution in [2.75, 3.05) is 0 Å². The molecule has 0 spiro atoms. The third-order valence-corrected chi connectivity index (χ3v) is 5.56. The van der Waals surface area contributed by atoms with Crippen molar-refractivity contribution in [3.8, 4) is 6.07 Å². The quantitative estimate of drug-likeness (QED) is 0.836. The molecule has 1 heterocycles. The number of nitrogens with zero attached hydrogens (tertiary/aromatic N) is 3. The maximum atomic E-state index is 12.8. The van der Waals surface area contributed by atoms with E-state index in [9.17, 15) is 10.1 Å². The summed E-state index contributed by atoms with van der Waals surface area (Å²) in [7, 11) is 1.88. The van der Waals surface area contributed by atoms with E-state index in [1.165, 1.54) is 0 Å². The normalized spacial score (nSPS) is 24.9. The molecule has 21 heavy (non-hydrogen) atoms. The van der Waals surface area contributed by atoms with Crippen LogP contribution in [0.1, 0.15) is 51.4 Å². The van der Waals surface area contributed by atoms with Gasteiger partial charge in [0.15, 0.2) is 5.78 Å². The highest BCUT2D eigenvalue weighted by Crippen LogP contribution is 2.45. The molecule has 1 fully saturated rings. The summed E-state index contributed by atoms with van der Waals surface area (Å²) in [6, 6.07) is 2.34. The Morgan fingerprint density at radius 3 is 2.62 bits per heavy atom. The first-order valence-corrected chi connectivity index (χ1v) is 8.23. The van der Waals surface area contributed by atoms with Crippen molar-refractivity contribution in [2.24, 2.45) is 17.9 Å². The molecule has 1 atom stereocenters. The van der Waals surface area contributed by atoms with E-state index in [-0.39, 0.29) is 5.78 Å². The van der Waals surface area contributed by atoms with Crippen LogP contribution in [0.4, 0.5) is 0 Å². The van der Waals surface area contributed by atoms with Gasteiger partial charge in [0.05, 0.1) is 21.9 Å². The fourth-order valence-electron chi connectivity index (χ4n) is 3.32. The van der Waals surface area contributed by atoms with Crippen molar-refractivity contribution in [1.82, 2.24) is 9.78 Å². The van der Waals surface area contributed by atoms with Crippen LogP contribution >= 0.6 is 15.9 Å². The van der Waals surface area contributed by atoms with E-state index in [0.29, 0.717) is 12.8 Å². The minimum absolute atomic E-state index is 0.0786. The van der Waals surface area contributed by atoms with E-state index in [2.05, 4.69) is 27.1 Å². The number of rotatable bonds is 3. The zero-order chi connectivity index (χ0) is 15.8. The largest absolute Gasteiger partial charge is 0.297 e. The highest BCUT2D eigenvalue weighted by atomic mass is 79.9. The van der Waals surface area contributed by atoms with Gasteiger partial charge in [0.25, 0.3) is 0 Å². The summed E-state index contributed by atoms with van der Waals surface area (Å²) in [5.41, 5.74) is 0.595. The molecule has 0 saturated heterocycles. The fourth-order valence-corrected chi connectivity index (χ4v) is 4.08. The van der Waals surface area contributed by atoms with Crippen LogP contribution < -0.4 is 0 Å². The van der Waals surface area contributed by atoms with Crippen molar-refractivity contribution in [3.63, 3.8) is 0 Å². The summed E-state index contributed by atoms with van der Waals surface area (Å²) < 4.78 is 2.75. The Morgan fingerprint density at radius 2 is 2.10 bits per heavy atom. The second kappa shape index (κ2) is 5.57. The van der Waals surface area contributed by atoms with Crippen molar-refractivity contribution in [1.29, 1.82) is 5.26 Å². The Balaban J connectivity index is 2.43. The van der Waals surface area contributed by atoms with Crippen LogP contribution in [0.15, 0.2) is 4.47 Å². The molecule has 0 amide bonds. The van der Waals surface area contributed by atoms with E-state index >= 15 is 0 Å². The zero-order valence-electron chi connectivity index (χ0n) is 13.2. The monoisotopic (exact) mass is 351 g/mol. The Bertz CT molecular complexity index is 612. The summed E-state index contributed by atoms with van der Waals surface area (Å²) in [6.45, 7) is 5.96. The van der Waals surface area contributed by atoms with Crippen molar-refractivity contribution in [3.05, 3.63) is 15.9 Å². The third kappa shape index (κ3) is 2.66. The Kier molecular flexibility index (Phi) is 4.30. The molecule has 1 saturated carbocycles. The van der Waals surface area contributed by atoms with Crippen LogP contribution in [0, 0.1) is 22.2 Å².